The first-order valence-corrected chi connectivity index (χ1v) is 3.94. The van der Waals surface area contributed by atoms with E-state index >= 15 is 0 Å². The van der Waals surface area contributed by atoms with Gasteiger partial charge >= 0.3 is 0 Å². The molecule has 0 saturated heterocycles. The highest BCUT2D eigenvalue weighted by atomic mass is 16.3. The van der Waals surface area contributed by atoms with Crippen LogP contribution in [0.5, 0.6) is 0 Å². The van der Waals surface area contributed by atoms with E-state index in [1.165, 1.54) is 0 Å². The van der Waals surface area contributed by atoms with Crippen LogP contribution in [0.3, 0.4) is 0 Å². The fourth-order valence-corrected chi connectivity index (χ4v) is 1.52. The molecular weight excluding hydrogens is 140 g/mol. The maximum Gasteiger partial charge on any atom is 0.114 e. The van der Waals surface area contributed by atoms with Crippen LogP contribution in [-0.2, 0) is 5.41 Å². The van der Waals surface area contributed by atoms with Gasteiger partial charge < -0.3 is 10.1 Å². The van der Waals surface area contributed by atoms with Gasteiger partial charge in [-0.25, -0.2) is 4.98 Å². The van der Waals surface area contributed by atoms with Crippen LogP contribution >= 0.6 is 0 Å². The molecule has 2 N–H and O–H groups in total. The van der Waals surface area contributed by atoms with Crippen molar-refractivity contribution in [1.29, 1.82) is 0 Å². The maximum absolute atomic E-state index is 9.45. The van der Waals surface area contributed by atoms with E-state index in [1.54, 1.807) is 12.4 Å². The van der Waals surface area contributed by atoms with Crippen molar-refractivity contribution in [3.63, 3.8) is 0 Å². The van der Waals surface area contributed by atoms with Crippen molar-refractivity contribution >= 4 is 0 Å². The zero-order chi connectivity index (χ0) is 7.90. The third-order valence-corrected chi connectivity index (χ3v) is 2.56. The lowest BCUT2D eigenvalue weighted by Crippen LogP contribution is -2.23. The highest BCUT2D eigenvalue weighted by molar-refractivity contribution is 5.20. The molecule has 0 aromatic carbocycles. The molecule has 2 rings (SSSR count). The third-order valence-electron chi connectivity index (χ3n) is 2.56. The Morgan fingerprint density at radius 2 is 2.45 bits per heavy atom. The van der Waals surface area contributed by atoms with E-state index in [0.29, 0.717) is 0 Å². The predicted molar refractivity (Wildman–Crippen MR) is 41.2 cm³/mol. The number of rotatable bonds is 2. The van der Waals surface area contributed by atoms with Crippen LogP contribution in [-0.4, -0.2) is 21.2 Å². The molecule has 0 aliphatic heterocycles. The summed E-state index contributed by atoms with van der Waals surface area (Å²) in [6.07, 6.45) is 5.36. The molecule has 1 saturated carbocycles. The number of H-pyrrole nitrogens is 1. The Kier molecular flexibility index (Phi) is 1.29. The van der Waals surface area contributed by atoms with Gasteiger partial charge in [-0.05, 0) is 19.8 Å². The van der Waals surface area contributed by atoms with Gasteiger partial charge in [-0.15, -0.1) is 0 Å². The van der Waals surface area contributed by atoms with Crippen LogP contribution in [0.4, 0.5) is 0 Å². The summed E-state index contributed by atoms with van der Waals surface area (Å²) in [5.41, 5.74) is -0.0382. The molecule has 1 aromatic heterocycles. The summed E-state index contributed by atoms with van der Waals surface area (Å²) >= 11 is 0. The van der Waals surface area contributed by atoms with E-state index in [4.69, 9.17) is 0 Å². The molecule has 1 aliphatic carbocycles. The molecule has 1 atom stereocenters. The van der Waals surface area contributed by atoms with Crippen molar-refractivity contribution in [2.45, 2.75) is 31.3 Å². The Morgan fingerprint density at radius 1 is 1.73 bits per heavy atom. The lowest BCUT2D eigenvalue weighted by Gasteiger charge is -2.14. The van der Waals surface area contributed by atoms with Gasteiger partial charge in [-0.2, -0.15) is 0 Å². The largest absolute Gasteiger partial charge is 0.392 e. The molecule has 11 heavy (non-hydrogen) atoms. The van der Waals surface area contributed by atoms with Crippen LogP contribution in [0.2, 0.25) is 0 Å². The maximum atomic E-state index is 9.45. The van der Waals surface area contributed by atoms with Gasteiger partial charge in [-0.1, -0.05) is 0 Å². The minimum absolute atomic E-state index is 0.0382. The highest BCUT2D eigenvalue weighted by Gasteiger charge is 2.50. The van der Waals surface area contributed by atoms with Crippen molar-refractivity contribution in [2.75, 3.05) is 0 Å². The number of hydrogen-bond acceptors (Lipinski definition) is 2. The minimum Gasteiger partial charge on any atom is -0.392 e. The summed E-state index contributed by atoms with van der Waals surface area (Å²) in [5.74, 6) is 0.938. The van der Waals surface area contributed by atoms with E-state index in [-0.39, 0.29) is 11.5 Å². The van der Waals surface area contributed by atoms with E-state index < -0.39 is 0 Å². The van der Waals surface area contributed by atoms with E-state index in [0.717, 1.165) is 18.7 Å². The third kappa shape index (κ3) is 0.878. The van der Waals surface area contributed by atoms with Gasteiger partial charge in [0, 0.05) is 12.4 Å². The molecule has 0 amide bonds. The highest BCUT2D eigenvalue weighted by Crippen LogP contribution is 2.49. The number of aliphatic hydroxyl groups is 1. The Hall–Kier alpha value is -0.830. The summed E-state index contributed by atoms with van der Waals surface area (Å²) in [5, 5.41) is 9.45. The Labute approximate surface area is 65.5 Å². The normalized spacial score (nSPS) is 23.1. The number of nitrogens with zero attached hydrogens (tertiary/aromatic N) is 1. The number of aliphatic hydroxyl groups excluding tert-OH is 1. The van der Waals surface area contributed by atoms with Gasteiger partial charge in [0.1, 0.15) is 5.82 Å². The lowest BCUT2D eigenvalue weighted by atomic mass is 10.0. The van der Waals surface area contributed by atoms with Gasteiger partial charge in [0.25, 0.3) is 0 Å². The molecule has 1 heterocycles. The molecule has 0 spiro atoms. The molecular formula is C8H12N2O. The van der Waals surface area contributed by atoms with Crippen molar-refractivity contribution < 1.29 is 5.11 Å². The molecule has 0 bridgehead atoms. The van der Waals surface area contributed by atoms with Gasteiger partial charge in [0.05, 0.1) is 11.5 Å². The van der Waals surface area contributed by atoms with Crippen LogP contribution in [0, 0.1) is 0 Å². The number of nitrogens with one attached hydrogen (secondary N) is 1. The lowest BCUT2D eigenvalue weighted by molar-refractivity contribution is 0.147. The molecule has 3 heteroatoms. The van der Waals surface area contributed by atoms with Crippen molar-refractivity contribution in [2.24, 2.45) is 0 Å². The second-order valence-electron chi connectivity index (χ2n) is 3.27. The molecule has 0 radical (unpaired) electrons. The van der Waals surface area contributed by atoms with E-state index in [2.05, 4.69) is 9.97 Å². The van der Waals surface area contributed by atoms with Gasteiger partial charge in [0.15, 0.2) is 0 Å². The van der Waals surface area contributed by atoms with Crippen molar-refractivity contribution in [3.8, 4) is 0 Å². The zero-order valence-electron chi connectivity index (χ0n) is 6.54. The summed E-state index contributed by atoms with van der Waals surface area (Å²) in [6.45, 7) is 1.83. The smallest absolute Gasteiger partial charge is 0.114 e. The molecule has 1 aromatic rings. The first kappa shape index (κ1) is 6.85. The van der Waals surface area contributed by atoms with E-state index in [9.17, 15) is 5.11 Å². The first-order chi connectivity index (χ1) is 5.26. The fraction of sp³-hybridized carbons (Fsp3) is 0.625. The molecule has 60 valence electrons. The Balaban J connectivity index is 2.29. The molecule has 3 nitrogen and oxygen atoms in total. The van der Waals surface area contributed by atoms with Crippen LogP contribution < -0.4 is 0 Å². The molecule has 1 unspecified atom stereocenters. The average molecular weight is 152 g/mol. The fourth-order valence-electron chi connectivity index (χ4n) is 1.52. The summed E-state index contributed by atoms with van der Waals surface area (Å²) in [4.78, 5) is 7.21. The van der Waals surface area contributed by atoms with Crippen LogP contribution in [0.15, 0.2) is 12.4 Å². The van der Waals surface area contributed by atoms with E-state index in [1.807, 2.05) is 6.92 Å². The quantitative estimate of drug-likeness (QED) is 0.659. The number of imidazole rings is 1. The second kappa shape index (κ2) is 2.08. The zero-order valence-corrected chi connectivity index (χ0v) is 6.54. The predicted octanol–water partition coefficient (Wildman–Crippen LogP) is 0.822. The first-order valence-electron chi connectivity index (χ1n) is 3.94. The number of aromatic nitrogens is 2. The second-order valence-corrected chi connectivity index (χ2v) is 3.27. The van der Waals surface area contributed by atoms with Gasteiger partial charge in [-0.3, -0.25) is 0 Å². The molecule has 1 fully saturated rings. The summed E-state index contributed by atoms with van der Waals surface area (Å²) in [6, 6.07) is 0. The van der Waals surface area contributed by atoms with Crippen LogP contribution in [0.25, 0.3) is 0 Å². The van der Waals surface area contributed by atoms with Crippen LogP contribution in [0.1, 0.15) is 25.6 Å². The SMILES string of the molecule is CC(O)C1(c2ncc[nH]2)CC1. The average Bonchev–Trinajstić information content (AvgIpc) is 2.61. The van der Waals surface area contributed by atoms with Crippen molar-refractivity contribution in [3.05, 3.63) is 18.2 Å². The standard InChI is InChI=1S/C8H12N2O/c1-6(11)8(2-3-8)7-9-4-5-10-7/h4-6,11H,2-3H2,1H3,(H,9,10). The Morgan fingerprint density at radius 3 is 2.82 bits per heavy atom. The van der Waals surface area contributed by atoms with Gasteiger partial charge in [0.2, 0.25) is 0 Å². The summed E-state index contributed by atoms with van der Waals surface area (Å²) < 4.78 is 0. The minimum atomic E-state index is -0.284. The molecule has 1 aliphatic rings. The summed E-state index contributed by atoms with van der Waals surface area (Å²) in [7, 11) is 0. The topological polar surface area (TPSA) is 48.9 Å². The van der Waals surface area contributed by atoms with Crippen molar-refractivity contribution in [1.82, 2.24) is 9.97 Å². The monoisotopic (exact) mass is 152 g/mol. The number of aromatic amines is 1. The number of hydrogen-bond donors (Lipinski definition) is 2. The Bertz CT molecular complexity index is 237.